The van der Waals surface area contributed by atoms with Gasteiger partial charge in [0.05, 0.1) is 44.5 Å². The summed E-state index contributed by atoms with van der Waals surface area (Å²) >= 11 is 0. The molecule has 0 radical (unpaired) electrons. The van der Waals surface area contributed by atoms with E-state index < -0.39 is 5.41 Å². The lowest BCUT2D eigenvalue weighted by atomic mass is 9.65. The van der Waals surface area contributed by atoms with Crippen LogP contribution in [0.1, 0.15) is 22.3 Å². The van der Waals surface area contributed by atoms with Gasteiger partial charge in [-0.1, -0.05) is 237 Å². The minimum atomic E-state index is -0.579. The van der Waals surface area contributed by atoms with Crippen molar-refractivity contribution in [1.82, 2.24) is 9.13 Å². The van der Waals surface area contributed by atoms with Crippen molar-refractivity contribution < 1.29 is 0 Å². The number of hydrogen-bond acceptors (Lipinski definition) is 1. The summed E-state index contributed by atoms with van der Waals surface area (Å²) in [6, 6.07) is 115. The fourth-order valence-electron chi connectivity index (χ4n) is 14.2. The highest BCUT2D eigenvalue weighted by Gasteiger charge is 2.51. The van der Waals surface area contributed by atoms with Crippen molar-refractivity contribution in [3.05, 3.63) is 332 Å². The molecule has 0 amide bonds. The molecular formula is C79H51N3. The quantitative estimate of drug-likeness (QED) is 0.148. The van der Waals surface area contributed by atoms with Gasteiger partial charge in [-0.15, -0.1) is 0 Å². The maximum atomic E-state index is 2.53. The molecule has 3 heteroatoms. The van der Waals surface area contributed by atoms with Gasteiger partial charge in [-0.2, -0.15) is 0 Å². The van der Waals surface area contributed by atoms with Crippen LogP contribution in [0.5, 0.6) is 0 Å². The summed E-state index contributed by atoms with van der Waals surface area (Å²) in [5.74, 6) is 0. The van der Waals surface area contributed by atoms with Crippen LogP contribution in [0, 0.1) is 0 Å². The van der Waals surface area contributed by atoms with E-state index in [4.69, 9.17) is 0 Å². The lowest BCUT2D eigenvalue weighted by Crippen LogP contribution is -2.33. The van der Waals surface area contributed by atoms with Crippen molar-refractivity contribution in [2.75, 3.05) is 4.90 Å². The number of aromatic nitrogens is 2. The molecule has 1 atom stereocenters. The molecule has 0 saturated heterocycles. The Morgan fingerprint density at radius 3 is 1.50 bits per heavy atom. The molecule has 13 aromatic carbocycles. The highest BCUT2D eigenvalue weighted by Crippen LogP contribution is 2.62. The number of fused-ring (bicyclic) bond motifs is 15. The highest BCUT2D eigenvalue weighted by atomic mass is 15.1. The van der Waals surface area contributed by atoms with E-state index in [1.54, 1.807) is 0 Å². The third kappa shape index (κ3) is 6.71. The molecule has 15 aromatic rings. The van der Waals surface area contributed by atoms with Crippen molar-refractivity contribution in [2.45, 2.75) is 5.41 Å². The molecule has 2 aliphatic rings. The van der Waals surface area contributed by atoms with E-state index in [0.29, 0.717) is 0 Å². The monoisotopic (exact) mass is 1040 g/mol. The van der Waals surface area contributed by atoms with Crippen LogP contribution in [0.25, 0.3) is 111 Å². The third-order valence-corrected chi connectivity index (χ3v) is 17.7. The molecule has 17 rings (SSSR count). The SMILES string of the molecule is c1ccc(-c2ccc(-c3ccccc3N(c3ccc(-c4ccc5c(c4)c4ccccc4n5-c4ccccc4)cc3)c3ccccc3-c3ccc4c(c3)C3(c5ccccc5-4)c4ccccc4-n4c5ccccc5c5cccc3c54)cc2)cc1. The summed E-state index contributed by atoms with van der Waals surface area (Å²) in [4.78, 5) is 2.49. The average molecular weight is 1040 g/mol. The zero-order valence-corrected chi connectivity index (χ0v) is 44.8. The Kier molecular flexibility index (Phi) is 10.2. The van der Waals surface area contributed by atoms with Gasteiger partial charge in [-0.25, -0.2) is 0 Å². The van der Waals surface area contributed by atoms with Crippen LogP contribution >= 0.6 is 0 Å². The smallest absolute Gasteiger partial charge is 0.0754 e. The Bertz CT molecular complexity index is 5030. The van der Waals surface area contributed by atoms with E-state index in [1.807, 2.05) is 0 Å². The van der Waals surface area contributed by atoms with Crippen LogP contribution in [0.3, 0.4) is 0 Å². The molecule has 3 heterocycles. The van der Waals surface area contributed by atoms with Gasteiger partial charge in [0.1, 0.15) is 0 Å². The van der Waals surface area contributed by atoms with E-state index in [0.717, 1.165) is 50.6 Å². The van der Waals surface area contributed by atoms with Crippen LogP contribution in [0.2, 0.25) is 0 Å². The maximum absolute atomic E-state index is 2.53. The average Bonchev–Trinajstić information content (AvgIpc) is 1.72. The van der Waals surface area contributed by atoms with Crippen LogP contribution in [0.15, 0.2) is 309 Å². The molecular weight excluding hydrogens is 991 g/mol. The number of nitrogens with zero attached hydrogens (tertiary/aromatic N) is 3. The summed E-state index contributed by atoms with van der Waals surface area (Å²) in [5.41, 5.74) is 27.1. The summed E-state index contributed by atoms with van der Waals surface area (Å²) in [7, 11) is 0. The fraction of sp³-hybridized carbons (Fsp3) is 0.0127. The first-order chi connectivity index (χ1) is 40.7. The summed E-state index contributed by atoms with van der Waals surface area (Å²) < 4.78 is 4.91. The minimum absolute atomic E-state index is 0.579. The zero-order valence-electron chi connectivity index (χ0n) is 44.8. The molecule has 1 aliphatic heterocycles. The Hall–Kier alpha value is -10.7. The number of benzene rings is 13. The Balaban J connectivity index is 0.854. The molecule has 82 heavy (non-hydrogen) atoms. The van der Waals surface area contributed by atoms with Gasteiger partial charge in [-0.3, -0.25) is 0 Å². The lowest BCUT2D eigenvalue weighted by Gasteiger charge is -2.39. The minimum Gasteiger partial charge on any atom is -0.309 e. The van der Waals surface area contributed by atoms with Gasteiger partial charge in [-0.05, 0) is 140 Å². The molecule has 3 nitrogen and oxygen atoms in total. The molecule has 0 bridgehead atoms. The molecule has 382 valence electrons. The topological polar surface area (TPSA) is 13.1 Å². The van der Waals surface area contributed by atoms with Crippen LogP contribution in [-0.2, 0) is 5.41 Å². The van der Waals surface area contributed by atoms with Crippen LogP contribution in [0.4, 0.5) is 17.1 Å². The van der Waals surface area contributed by atoms with Gasteiger partial charge in [0, 0.05) is 44.0 Å². The summed E-state index contributed by atoms with van der Waals surface area (Å²) in [5, 5.41) is 5.03. The van der Waals surface area contributed by atoms with E-state index in [9.17, 15) is 0 Å². The van der Waals surface area contributed by atoms with Crippen molar-refractivity contribution in [1.29, 1.82) is 0 Å². The number of para-hydroxylation sites is 7. The first kappa shape index (κ1) is 46.2. The van der Waals surface area contributed by atoms with E-state index in [-0.39, 0.29) is 0 Å². The van der Waals surface area contributed by atoms with Gasteiger partial charge >= 0.3 is 0 Å². The second-order valence-corrected chi connectivity index (χ2v) is 21.9. The van der Waals surface area contributed by atoms with Gasteiger partial charge in [0.2, 0.25) is 0 Å². The first-order valence-electron chi connectivity index (χ1n) is 28.4. The van der Waals surface area contributed by atoms with Crippen LogP contribution < -0.4 is 4.90 Å². The Morgan fingerprint density at radius 2 is 0.744 bits per heavy atom. The number of rotatable bonds is 8. The Labute approximate surface area is 476 Å². The van der Waals surface area contributed by atoms with Gasteiger partial charge < -0.3 is 14.0 Å². The lowest BCUT2D eigenvalue weighted by molar-refractivity contribution is 0.749. The van der Waals surface area contributed by atoms with Crippen LogP contribution in [-0.4, -0.2) is 9.13 Å². The summed E-state index contributed by atoms with van der Waals surface area (Å²) in [6.45, 7) is 0. The third-order valence-electron chi connectivity index (χ3n) is 17.7. The van der Waals surface area contributed by atoms with E-state index in [1.165, 1.54) is 99.4 Å². The highest BCUT2D eigenvalue weighted by molar-refractivity contribution is 6.13. The predicted molar refractivity (Wildman–Crippen MR) is 342 cm³/mol. The molecule has 1 unspecified atom stereocenters. The zero-order chi connectivity index (χ0) is 53.9. The van der Waals surface area contributed by atoms with Crippen molar-refractivity contribution in [3.63, 3.8) is 0 Å². The molecule has 1 aliphatic carbocycles. The second-order valence-electron chi connectivity index (χ2n) is 21.9. The largest absolute Gasteiger partial charge is 0.309 e. The molecule has 0 fully saturated rings. The van der Waals surface area contributed by atoms with Crippen molar-refractivity contribution in [3.8, 4) is 67.0 Å². The number of anilines is 3. The molecule has 2 aromatic heterocycles. The van der Waals surface area contributed by atoms with Gasteiger partial charge in [0.25, 0.3) is 0 Å². The first-order valence-corrected chi connectivity index (χ1v) is 28.4. The molecule has 0 N–H and O–H groups in total. The standard InChI is InChI=1S/C79H51N3/c1-3-20-52(21-4-1)53-38-40-55(41-39-53)60-24-8-14-33-72(60)81(59-46-42-54(43-47-59)56-45-49-76-67(50-56)65-28-11-16-35-74(65)80(76)58-22-5-2-6-23-58)73-34-15-9-25-61(73)57-44-48-63-62-26-7-12-30-68(62)79(71(63)51-57)69-31-13-18-37-77(69)82-75-36-17-10-27-64(75)66-29-19-32-70(79)78(66)82/h1-51H. The predicted octanol–water partition coefficient (Wildman–Crippen LogP) is 20.7. The van der Waals surface area contributed by atoms with Crippen molar-refractivity contribution in [2.24, 2.45) is 0 Å². The fourth-order valence-corrected chi connectivity index (χ4v) is 14.2. The second kappa shape index (κ2) is 18.2. The summed E-state index contributed by atoms with van der Waals surface area (Å²) in [6.07, 6.45) is 0. The maximum Gasteiger partial charge on any atom is 0.0754 e. The molecule has 1 spiro atoms. The Morgan fingerprint density at radius 1 is 0.256 bits per heavy atom. The van der Waals surface area contributed by atoms with Crippen molar-refractivity contribution >= 4 is 60.7 Å². The van der Waals surface area contributed by atoms with Gasteiger partial charge in [0.15, 0.2) is 0 Å². The van der Waals surface area contributed by atoms with E-state index in [2.05, 4.69) is 323 Å². The molecule has 0 saturated carbocycles. The normalized spacial score (nSPS) is 13.9. The van der Waals surface area contributed by atoms with E-state index >= 15 is 0 Å². The number of hydrogen-bond donors (Lipinski definition) is 0.